The van der Waals surface area contributed by atoms with Crippen molar-refractivity contribution in [2.75, 3.05) is 24.7 Å². The summed E-state index contributed by atoms with van der Waals surface area (Å²) in [5, 5.41) is 1.44. The number of thiophene rings is 1. The van der Waals surface area contributed by atoms with Crippen LogP contribution in [0.15, 0.2) is 9.95 Å². The smallest absolute Gasteiger partial charge is 0.263 e. The van der Waals surface area contributed by atoms with Crippen molar-refractivity contribution in [3.8, 4) is 0 Å². The summed E-state index contributed by atoms with van der Waals surface area (Å²) in [5.74, 6) is 1.30. The third-order valence-electron chi connectivity index (χ3n) is 5.48. The summed E-state index contributed by atoms with van der Waals surface area (Å²) in [4.78, 5) is 35.5. The molecular weight excluding hydrogens is 430 g/mol. The molecule has 0 saturated carbocycles. The van der Waals surface area contributed by atoms with Gasteiger partial charge in [0.2, 0.25) is 11.9 Å². The Hall–Kier alpha value is -2.20. The number of hydrogen-bond donors (Lipinski definition) is 1. The normalized spacial score (nSPS) is 14.2. The van der Waals surface area contributed by atoms with Gasteiger partial charge in [0.15, 0.2) is 5.16 Å². The van der Waals surface area contributed by atoms with E-state index < -0.39 is 0 Å². The Balaban J connectivity index is 1.74. The zero-order chi connectivity index (χ0) is 22.1. The summed E-state index contributed by atoms with van der Waals surface area (Å²) in [6, 6.07) is 0. The first kappa shape index (κ1) is 22.0. The lowest BCUT2D eigenvalue weighted by molar-refractivity contribution is 0.541. The molecule has 0 fully saturated rings. The van der Waals surface area contributed by atoms with Crippen LogP contribution in [0, 0.1) is 0 Å². The van der Waals surface area contributed by atoms with Gasteiger partial charge in [-0.25, -0.2) is 4.98 Å². The minimum Gasteiger partial charge on any atom is -0.368 e. The van der Waals surface area contributed by atoms with Gasteiger partial charge in [0.25, 0.3) is 5.56 Å². The van der Waals surface area contributed by atoms with Crippen LogP contribution in [0.1, 0.15) is 61.0 Å². The fourth-order valence-corrected chi connectivity index (χ4v) is 6.14. The molecule has 0 saturated heterocycles. The highest BCUT2D eigenvalue weighted by atomic mass is 32.2. The molecule has 0 bridgehead atoms. The zero-order valence-corrected chi connectivity index (χ0v) is 20.1. The van der Waals surface area contributed by atoms with Gasteiger partial charge >= 0.3 is 0 Å². The van der Waals surface area contributed by atoms with E-state index in [0.29, 0.717) is 18.3 Å². The standard InChI is InChI=1S/C21H29N7OS2/c1-5-6-7-11-28-18(29)15-13-9-8-10-14(13)31-17(15)25-21(28)30-12(2)16-23-19(22)26-20(24-16)27(3)4/h12H,5-11H2,1-4H3,(H2,22,23,24,26). The highest BCUT2D eigenvalue weighted by Gasteiger charge is 2.25. The molecule has 3 aromatic heterocycles. The van der Waals surface area contributed by atoms with E-state index in [1.54, 1.807) is 16.2 Å². The zero-order valence-electron chi connectivity index (χ0n) is 18.5. The van der Waals surface area contributed by atoms with Crippen molar-refractivity contribution in [3.63, 3.8) is 0 Å². The van der Waals surface area contributed by atoms with E-state index in [0.717, 1.165) is 53.9 Å². The number of hydrogen-bond acceptors (Lipinski definition) is 9. The van der Waals surface area contributed by atoms with Gasteiger partial charge in [-0.2, -0.15) is 15.0 Å². The fourth-order valence-electron chi connectivity index (χ4n) is 3.86. The van der Waals surface area contributed by atoms with Crippen LogP contribution in [-0.2, 0) is 19.4 Å². The highest BCUT2D eigenvalue weighted by molar-refractivity contribution is 7.99. The lowest BCUT2D eigenvalue weighted by atomic mass is 10.2. The van der Waals surface area contributed by atoms with Gasteiger partial charge in [-0.1, -0.05) is 31.5 Å². The molecule has 4 rings (SSSR count). The molecule has 10 heteroatoms. The molecule has 0 radical (unpaired) electrons. The molecule has 0 aliphatic heterocycles. The summed E-state index contributed by atoms with van der Waals surface area (Å²) >= 11 is 3.19. The van der Waals surface area contributed by atoms with E-state index in [1.165, 1.54) is 22.2 Å². The Bertz CT molecular complexity index is 1150. The molecule has 1 unspecified atom stereocenters. The maximum absolute atomic E-state index is 13.5. The first-order valence-electron chi connectivity index (χ1n) is 10.8. The van der Waals surface area contributed by atoms with E-state index in [-0.39, 0.29) is 16.8 Å². The molecule has 1 atom stereocenters. The van der Waals surface area contributed by atoms with E-state index >= 15 is 0 Å². The Kier molecular flexibility index (Phi) is 6.47. The predicted octanol–water partition coefficient (Wildman–Crippen LogP) is 3.82. The molecule has 0 amide bonds. The first-order chi connectivity index (χ1) is 14.9. The van der Waals surface area contributed by atoms with Crippen molar-refractivity contribution in [3.05, 3.63) is 26.6 Å². The third-order valence-corrected chi connectivity index (χ3v) is 7.75. The summed E-state index contributed by atoms with van der Waals surface area (Å²) in [5.41, 5.74) is 7.24. The maximum Gasteiger partial charge on any atom is 0.263 e. The van der Waals surface area contributed by atoms with Gasteiger partial charge in [-0.3, -0.25) is 9.36 Å². The number of aromatic nitrogens is 5. The van der Waals surface area contributed by atoms with E-state index in [1.807, 2.05) is 25.6 Å². The van der Waals surface area contributed by atoms with Crippen LogP contribution >= 0.6 is 23.1 Å². The number of fused-ring (bicyclic) bond motifs is 3. The highest BCUT2D eigenvalue weighted by Crippen LogP contribution is 2.38. The molecule has 2 N–H and O–H groups in total. The molecular formula is C21H29N7OS2. The van der Waals surface area contributed by atoms with Crippen LogP contribution in [0.3, 0.4) is 0 Å². The Labute approximate surface area is 190 Å². The van der Waals surface area contributed by atoms with Gasteiger partial charge in [0, 0.05) is 25.5 Å². The summed E-state index contributed by atoms with van der Waals surface area (Å²) in [6.07, 6.45) is 6.33. The second kappa shape index (κ2) is 9.12. The summed E-state index contributed by atoms with van der Waals surface area (Å²) in [6.45, 7) is 4.86. The molecule has 3 heterocycles. The van der Waals surface area contributed by atoms with Crippen LogP contribution < -0.4 is 16.2 Å². The van der Waals surface area contributed by atoms with Crippen LogP contribution in [0.2, 0.25) is 0 Å². The molecule has 0 aromatic carbocycles. The van der Waals surface area contributed by atoms with Crippen molar-refractivity contribution in [2.24, 2.45) is 0 Å². The minimum atomic E-state index is -0.127. The quantitative estimate of drug-likeness (QED) is 0.308. The average Bonchev–Trinajstić information content (AvgIpc) is 3.30. The van der Waals surface area contributed by atoms with Crippen molar-refractivity contribution >= 4 is 45.2 Å². The van der Waals surface area contributed by atoms with Gasteiger partial charge in [-0.05, 0) is 38.2 Å². The number of thioether (sulfide) groups is 1. The lowest BCUT2D eigenvalue weighted by Gasteiger charge is -2.17. The van der Waals surface area contributed by atoms with Gasteiger partial charge in [-0.15, -0.1) is 11.3 Å². The maximum atomic E-state index is 13.5. The molecule has 1 aliphatic carbocycles. The molecule has 31 heavy (non-hydrogen) atoms. The van der Waals surface area contributed by atoms with E-state index in [4.69, 9.17) is 10.7 Å². The van der Waals surface area contributed by atoms with Crippen LogP contribution in [-0.4, -0.2) is 38.6 Å². The third kappa shape index (κ3) is 4.41. The number of rotatable bonds is 8. The first-order valence-corrected chi connectivity index (χ1v) is 12.5. The number of nitrogens with zero attached hydrogens (tertiary/aromatic N) is 6. The molecule has 8 nitrogen and oxygen atoms in total. The monoisotopic (exact) mass is 459 g/mol. The Morgan fingerprint density at radius 3 is 2.74 bits per heavy atom. The second-order valence-corrected chi connectivity index (χ2v) is 10.5. The minimum absolute atomic E-state index is 0.0966. The molecule has 0 spiro atoms. The summed E-state index contributed by atoms with van der Waals surface area (Å²) in [7, 11) is 3.74. The number of unbranched alkanes of at least 4 members (excludes halogenated alkanes) is 2. The van der Waals surface area contributed by atoms with Crippen molar-refractivity contribution in [2.45, 2.75) is 69.3 Å². The van der Waals surface area contributed by atoms with Crippen LogP contribution in [0.25, 0.3) is 10.2 Å². The van der Waals surface area contributed by atoms with Gasteiger partial charge < -0.3 is 10.6 Å². The number of nitrogens with two attached hydrogens (primary N) is 1. The SMILES string of the molecule is CCCCCn1c(SC(C)c2nc(N)nc(N(C)C)n2)nc2sc3c(c2c1=O)CCC3. The van der Waals surface area contributed by atoms with Crippen molar-refractivity contribution < 1.29 is 0 Å². The van der Waals surface area contributed by atoms with Crippen molar-refractivity contribution in [1.29, 1.82) is 0 Å². The Morgan fingerprint density at radius 2 is 2.00 bits per heavy atom. The molecule has 1 aliphatic rings. The number of anilines is 2. The molecule has 3 aromatic rings. The van der Waals surface area contributed by atoms with E-state index in [9.17, 15) is 4.79 Å². The number of aryl methyl sites for hydroxylation is 2. The van der Waals surface area contributed by atoms with Crippen molar-refractivity contribution in [1.82, 2.24) is 24.5 Å². The fraction of sp³-hybridized carbons (Fsp3) is 0.571. The Morgan fingerprint density at radius 1 is 1.19 bits per heavy atom. The van der Waals surface area contributed by atoms with Gasteiger partial charge in [0.1, 0.15) is 10.7 Å². The lowest BCUT2D eigenvalue weighted by Crippen LogP contribution is -2.24. The van der Waals surface area contributed by atoms with E-state index in [2.05, 4.69) is 21.9 Å². The average molecular weight is 460 g/mol. The van der Waals surface area contributed by atoms with Gasteiger partial charge in [0.05, 0.1) is 10.6 Å². The molecule has 166 valence electrons. The second-order valence-electron chi connectivity index (χ2n) is 8.10. The summed E-state index contributed by atoms with van der Waals surface area (Å²) < 4.78 is 1.86. The topological polar surface area (TPSA) is 103 Å². The van der Waals surface area contributed by atoms with Crippen LogP contribution in [0.5, 0.6) is 0 Å². The van der Waals surface area contributed by atoms with Crippen LogP contribution in [0.4, 0.5) is 11.9 Å². The largest absolute Gasteiger partial charge is 0.368 e. The number of nitrogen functional groups attached to an aromatic ring is 1. The predicted molar refractivity (Wildman–Crippen MR) is 128 cm³/mol.